The Hall–Kier alpha value is -2.32. The van der Waals surface area contributed by atoms with Crippen LogP contribution in [0.5, 0.6) is 0 Å². The van der Waals surface area contributed by atoms with Crippen LogP contribution in [0.25, 0.3) is 0 Å². The van der Waals surface area contributed by atoms with E-state index in [2.05, 4.69) is 17.2 Å². The average Bonchev–Trinajstić information content (AvgIpc) is 3.43. The first-order valence-electron chi connectivity index (χ1n) is 8.90. The molecule has 0 spiro atoms. The Morgan fingerprint density at radius 2 is 2.20 bits per heavy atom. The topological polar surface area (TPSA) is 71.4 Å². The van der Waals surface area contributed by atoms with Crippen LogP contribution in [0.2, 0.25) is 0 Å². The first-order valence-corrected chi connectivity index (χ1v) is 8.90. The van der Waals surface area contributed by atoms with E-state index < -0.39 is 6.09 Å². The third kappa shape index (κ3) is 5.33. The highest BCUT2D eigenvalue weighted by Gasteiger charge is 2.18. The van der Waals surface area contributed by atoms with Crippen molar-refractivity contribution in [3.05, 3.63) is 34.9 Å². The van der Waals surface area contributed by atoms with Crippen molar-refractivity contribution < 1.29 is 14.3 Å². The van der Waals surface area contributed by atoms with Crippen LogP contribution in [0.1, 0.15) is 48.8 Å². The fourth-order valence-electron chi connectivity index (χ4n) is 2.76. The van der Waals surface area contributed by atoms with Crippen molar-refractivity contribution in [2.75, 3.05) is 13.2 Å². The Morgan fingerprint density at radius 1 is 1.36 bits per heavy atom. The number of aryl methyl sites for hydroxylation is 1. The first-order chi connectivity index (χ1) is 12.1. The third-order valence-corrected chi connectivity index (χ3v) is 4.41. The van der Waals surface area contributed by atoms with Gasteiger partial charge in [-0.1, -0.05) is 11.8 Å². The number of amides is 1. The molecule has 1 aromatic carbocycles. The molecule has 0 aromatic heterocycles. The number of carbonyl (C=O) groups excluding carboxylic acids is 1. The summed E-state index contributed by atoms with van der Waals surface area (Å²) in [5.41, 5.74) is 2.40. The zero-order valence-electron chi connectivity index (χ0n) is 14.6. The molecule has 5 nitrogen and oxygen atoms in total. The van der Waals surface area contributed by atoms with Gasteiger partial charge in [-0.25, -0.2) is 4.79 Å². The molecule has 1 atom stereocenters. The summed E-state index contributed by atoms with van der Waals surface area (Å²) in [6.07, 6.45) is 4.96. The maximum Gasteiger partial charge on any atom is 0.414 e. The molecule has 1 saturated heterocycles. The van der Waals surface area contributed by atoms with Crippen LogP contribution in [0.4, 0.5) is 4.79 Å². The van der Waals surface area contributed by atoms with Crippen LogP contribution < -0.4 is 5.32 Å². The van der Waals surface area contributed by atoms with E-state index in [1.165, 1.54) is 12.8 Å². The van der Waals surface area contributed by atoms with Crippen molar-refractivity contribution in [3.8, 4) is 11.8 Å². The van der Waals surface area contributed by atoms with Gasteiger partial charge in [-0.15, -0.1) is 0 Å². The van der Waals surface area contributed by atoms with Gasteiger partial charge >= 0.3 is 6.09 Å². The third-order valence-electron chi connectivity index (χ3n) is 4.41. The molecule has 0 bridgehead atoms. The lowest BCUT2D eigenvalue weighted by Crippen LogP contribution is -2.36. The van der Waals surface area contributed by atoms with Gasteiger partial charge in [-0.3, -0.25) is 5.41 Å². The standard InChI is InChI=1S/C20H24N2O3/c1-14-12-16(8-7-15-5-6-15)9-10-18(14)19(21)25-20(23)22-13-17-4-2-3-11-24-17/h9-10,12,15,17,21H,2-6,11,13H2,1H3,(H,22,23). The van der Waals surface area contributed by atoms with Crippen LogP contribution in [0.3, 0.4) is 0 Å². The molecule has 1 heterocycles. The lowest BCUT2D eigenvalue weighted by molar-refractivity contribution is 0.0175. The molecule has 5 heteroatoms. The summed E-state index contributed by atoms with van der Waals surface area (Å²) >= 11 is 0. The van der Waals surface area contributed by atoms with Crippen LogP contribution in [0, 0.1) is 30.1 Å². The second-order valence-corrected chi connectivity index (χ2v) is 6.66. The van der Waals surface area contributed by atoms with E-state index in [0.717, 1.165) is 37.0 Å². The minimum atomic E-state index is -0.615. The van der Waals surface area contributed by atoms with Gasteiger partial charge in [0, 0.05) is 30.2 Å². The van der Waals surface area contributed by atoms with Gasteiger partial charge in [0.25, 0.3) is 0 Å². The second-order valence-electron chi connectivity index (χ2n) is 6.66. The van der Waals surface area contributed by atoms with E-state index in [1.807, 2.05) is 19.1 Å². The van der Waals surface area contributed by atoms with Crippen molar-refractivity contribution in [1.29, 1.82) is 5.41 Å². The maximum absolute atomic E-state index is 11.9. The first kappa shape index (κ1) is 17.5. The van der Waals surface area contributed by atoms with Gasteiger partial charge in [-0.05, 0) is 62.8 Å². The number of benzene rings is 1. The van der Waals surface area contributed by atoms with Gasteiger partial charge in [0.2, 0.25) is 5.90 Å². The number of alkyl carbamates (subject to hydrolysis) is 1. The number of hydrogen-bond acceptors (Lipinski definition) is 4. The molecule has 2 aliphatic rings. The normalized spacial score (nSPS) is 19.5. The summed E-state index contributed by atoms with van der Waals surface area (Å²) in [6, 6.07) is 5.58. The minimum absolute atomic E-state index is 0.0431. The van der Waals surface area contributed by atoms with Gasteiger partial charge in [0.05, 0.1) is 6.10 Å². The number of hydrogen-bond donors (Lipinski definition) is 2. The lowest BCUT2D eigenvalue weighted by atomic mass is 10.1. The predicted molar refractivity (Wildman–Crippen MR) is 95.7 cm³/mol. The lowest BCUT2D eigenvalue weighted by Gasteiger charge is -2.22. The Kier molecular flexibility index (Phi) is 5.72. The molecule has 1 saturated carbocycles. The van der Waals surface area contributed by atoms with E-state index >= 15 is 0 Å². The quantitative estimate of drug-likeness (QED) is 0.503. The molecule has 2 fully saturated rings. The largest absolute Gasteiger partial charge is 0.414 e. The molecule has 1 aliphatic heterocycles. The van der Waals surface area contributed by atoms with E-state index in [-0.39, 0.29) is 12.0 Å². The smallest absolute Gasteiger partial charge is 0.391 e. The molecule has 0 radical (unpaired) electrons. The molecule has 132 valence electrons. The molecule has 3 rings (SSSR count). The van der Waals surface area contributed by atoms with Crippen molar-refractivity contribution >= 4 is 12.0 Å². The summed E-state index contributed by atoms with van der Waals surface area (Å²) in [7, 11) is 0. The zero-order valence-corrected chi connectivity index (χ0v) is 14.6. The van der Waals surface area contributed by atoms with Crippen molar-refractivity contribution in [1.82, 2.24) is 5.32 Å². The summed E-state index contributed by atoms with van der Waals surface area (Å²) in [4.78, 5) is 11.9. The van der Waals surface area contributed by atoms with E-state index in [9.17, 15) is 4.79 Å². The Labute approximate surface area is 148 Å². The fraction of sp³-hybridized carbons (Fsp3) is 0.500. The number of ether oxygens (including phenoxy) is 2. The van der Waals surface area contributed by atoms with Gasteiger partial charge < -0.3 is 14.8 Å². The molecule has 1 amide bonds. The number of rotatable bonds is 3. The van der Waals surface area contributed by atoms with Crippen LogP contribution in [-0.4, -0.2) is 31.2 Å². The molecule has 1 aromatic rings. The van der Waals surface area contributed by atoms with Crippen LogP contribution in [-0.2, 0) is 9.47 Å². The van der Waals surface area contributed by atoms with E-state index in [4.69, 9.17) is 14.9 Å². The minimum Gasteiger partial charge on any atom is -0.391 e. The SMILES string of the molecule is Cc1cc(C#CC2CC2)ccc1C(=N)OC(=O)NCC1CCCCO1. The summed E-state index contributed by atoms with van der Waals surface area (Å²) in [5.74, 6) is 6.78. The molecule has 2 N–H and O–H groups in total. The highest BCUT2D eigenvalue weighted by Crippen LogP contribution is 2.27. The summed E-state index contributed by atoms with van der Waals surface area (Å²) < 4.78 is 10.7. The predicted octanol–water partition coefficient (Wildman–Crippen LogP) is 3.38. The summed E-state index contributed by atoms with van der Waals surface area (Å²) in [6.45, 7) is 3.05. The van der Waals surface area contributed by atoms with Crippen LogP contribution in [0.15, 0.2) is 18.2 Å². The van der Waals surface area contributed by atoms with Crippen molar-refractivity contribution in [2.45, 2.75) is 45.1 Å². The monoisotopic (exact) mass is 340 g/mol. The highest BCUT2D eigenvalue weighted by atomic mass is 16.6. The molecule has 25 heavy (non-hydrogen) atoms. The van der Waals surface area contributed by atoms with Crippen molar-refractivity contribution in [2.24, 2.45) is 5.92 Å². The molecule has 1 aliphatic carbocycles. The zero-order chi connectivity index (χ0) is 17.6. The van der Waals surface area contributed by atoms with Crippen LogP contribution >= 0.6 is 0 Å². The number of carbonyl (C=O) groups is 1. The highest BCUT2D eigenvalue weighted by molar-refractivity contribution is 5.99. The maximum atomic E-state index is 11.9. The summed E-state index contributed by atoms with van der Waals surface area (Å²) in [5, 5.41) is 10.7. The Bertz CT molecular complexity index is 707. The van der Waals surface area contributed by atoms with Gasteiger partial charge in [0.1, 0.15) is 0 Å². The molecular weight excluding hydrogens is 316 g/mol. The molecule has 1 unspecified atom stereocenters. The Morgan fingerprint density at radius 3 is 2.88 bits per heavy atom. The van der Waals surface area contributed by atoms with E-state index in [0.29, 0.717) is 18.0 Å². The number of nitrogens with one attached hydrogen (secondary N) is 2. The van der Waals surface area contributed by atoms with E-state index in [1.54, 1.807) is 6.07 Å². The van der Waals surface area contributed by atoms with Crippen molar-refractivity contribution in [3.63, 3.8) is 0 Å². The fourth-order valence-corrected chi connectivity index (χ4v) is 2.76. The van der Waals surface area contributed by atoms with Gasteiger partial charge in [-0.2, -0.15) is 0 Å². The second kappa shape index (κ2) is 8.17. The van der Waals surface area contributed by atoms with Gasteiger partial charge in [0.15, 0.2) is 0 Å². The average molecular weight is 340 g/mol. The molecular formula is C20H24N2O3. The Balaban J connectivity index is 1.51.